The van der Waals surface area contributed by atoms with Crippen LogP contribution in [0.15, 0.2) is 0 Å². The molecule has 0 unspecified atom stereocenters. The highest BCUT2D eigenvalue weighted by atomic mass is 16.6. The van der Waals surface area contributed by atoms with Crippen LogP contribution >= 0.6 is 0 Å². The number of aliphatic hydroxyl groups is 1. The van der Waals surface area contributed by atoms with Gasteiger partial charge in [0, 0.05) is 7.05 Å². The fraction of sp³-hybridized carbons (Fsp3) is 0.875. The number of amides is 1. The fourth-order valence-corrected chi connectivity index (χ4v) is 0.573. The fourth-order valence-electron chi connectivity index (χ4n) is 0.573. The highest BCUT2D eigenvalue weighted by molar-refractivity contribution is 5.68. The summed E-state index contributed by atoms with van der Waals surface area (Å²) in [6.07, 6.45) is -0.406. The summed E-state index contributed by atoms with van der Waals surface area (Å²) >= 11 is 0. The second kappa shape index (κ2) is 4.30. The van der Waals surface area contributed by atoms with E-state index >= 15 is 0 Å². The zero-order valence-corrected chi connectivity index (χ0v) is 8.13. The van der Waals surface area contributed by atoms with Crippen LogP contribution in [0.1, 0.15) is 20.8 Å². The Morgan fingerprint density at radius 1 is 1.58 bits per heavy atom. The zero-order chi connectivity index (χ0) is 9.78. The summed E-state index contributed by atoms with van der Waals surface area (Å²) in [5, 5.41) is 8.93. The molecule has 0 spiro atoms. The van der Waals surface area contributed by atoms with Gasteiger partial charge in [0.05, 0.1) is 18.8 Å². The Bertz CT molecular complexity index is 156. The second-order valence-electron chi connectivity index (χ2n) is 3.23. The first kappa shape index (κ1) is 11.2. The number of hydrogen-bond donors (Lipinski definition) is 1. The Hall–Kier alpha value is -0.770. The van der Waals surface area contributed by atoms with Crippen molar-refractivity contribution in [3.05, 3.63) is 0 Å². The van der Waals surface area contributed by atoms with Gasteiger partial charge in [0.1, 0.15) is 0 Å². The molecule has 0 fully saturated rings. The first-order valence-corrected chi connectivity index (χ1v) is 3.97. The van der Waals surface area contributed by atoms with Gasteiger partial charge >= 0.3 is 6.09 Å². The van der Waals surface area contributed by atoms with Crippen molar-refractivity contribution in [2.45, 2.75) is 26.3 Å². The highest BCUT2D eigenvalue weighted by Crippen LogP contribution is 2.11. The molecule has 0 saturated carbocycles. The molecule has 12 heavy (non-hydrogen) atoms. The summed E-state index contributed by atoms with van der Waals surface area (Å²) in [7, 11) is 1.61. The van der Waals surface area contributed by atoms with Crippen LogP contribution in [0.4, 0.5) is 4.79 Å². The quantitative estimate of drug-likeness (QED) is 0.691. The van der Waals surface area contributed by atoms with E-state index in [9.17, 15) is 4.79 Å². The van der Waals surface area contributed by atoms with Gasteiger partial charge in [-0.2, -0.15) is 0 Å². The van der Waals surface area contributed by atoms with Crippen molar-refractivity contribution < 1.29 is 14.6 Å². The number of carbonyl (C=O) groups is 1. The topological polar surface area (TPSA) is 49.8 Å². The van der Waals surface area contributed by atoms with Gasteiger partial charge in [0.2, 0.25) is 0 Å². The average Bonchev–Trinajstić information content (AvgIpc) is 2.03. The SMILES string of the molecule is CCOC(=O)N(C)C(C)(C)CO. The zero-order valence-electron chi connectivity index (χ0n) is 8.13. The predicted octanol–water partition coefficient (Wildman–Crippen LogP) is 0.846. The smallest absolute Gasteiger partial charge is 0.410 e. The van der Waals surface area contributed by atoms with Crippen LogP contribution in [0, 0.1) is 0 Å². The van der Waals surface area contributed by atoms with Crippen LogP contribution in [-0.4, -0.2) is 41.9 Å². The Morgan fingerprint density at radius 2 is 2.08 bits per heavy atom. The maximum atomic E-state index is 11.1. The number of carbonyl (C=O) groups excluding carboxylic acids is 1. The van der Waals surface area contributed by atoms with E-state index in [0.29, 0.717) is 6.61 Å². The minimum absolute atomic E-state index is 0.0810. The van der Waals surface area contributed by atoms with E-state index < -0.39 is 11.6 Å². The largest absolute Gasteiger partial charge is 0.450 e. The third-order valence-electron chi connectivity index (χ3n) is 1.84. The third kappa shape index (κ3) is 2.70. The molecule has 4 heteroatoms. The lowest BCUT2D eigenvalue weighted by molar-refractivity contribution is 0.0517. The second-order valence-corrected chi connectivity index (χ2v) is 3.23. The van der Waals surface area contributed by atoms with Crippen molar-refractivity contribution in [3.8, 4) is 0 Å². The first-order valence-electron chi connectivity index (χ1n) is 3.97. The molecule has 0 aliphatic heterocycles. The Labute approximate surface area is 73.1 Å². The molecular formula is C8H17NO3. The summed E-state index contributed by atoms with van der Waals surface area (Å²) in [4.78, 5) is 12.5. The van der Waals surface area contributed by atoms with E-state index in [1.807, 2.05) is 0 Å². The third-order valence-corrected chi connectivity index (χ3v) is 1.84. The summed E-state index contributed by atoms with van der Waals surface area (Å²) in [5.41, 5.74) is -0.563. The van der Waals surface area contributed by atoms with Crippen LogP contribution in [0.5, 0.6) is 0 Å². The number of likely N-dealkylation sites (N-methyl/N-ethyl adjacent to an activating group) is 1. The molecule has 0 heterocycles. The number of aliphatic hydroxyl groups excluding tert-OH is 1. The number of rotatable bonds is 3. The van der Waals surface area contributed by atoms with Gasteiger partial charge in [-0.3, -0.25) is 0 Å². The minimum Gasteiger partial charge on any atom is -0.450 e. The molecule has 0 aromatic rings. The molecular weight excluding hydrogens is 158 g/mol. The van der Waals surface area contributed by atoms with Crippen LogP contribution in [0.2, 0.25) is 0 Å². The minimum atomic E-state index is -0.563. The maximum absolute atomic E-state index is 11.1. The molecule has 0 rings (SSSR count). The van der Waals surface area contributed by atoms with Gasteiger partial charge in [-0.25, -0.2) is 4.79 Å². The maximum Gasteiger partial charge on any atom is 0.410 e. The van der Waals surface area contributed by atoms with Crippen molar-refractivity contribution in [2.24, 2.45) is 0 Å². The van der Waals surface area contributed by atoms with E-state index in [1.165, 1.54) is 4.90 Å². The van der Waals surface area contributed by atoms with Crippen molar-refractivity contribution in [1.29, 1.82) is 0 Å². The summed E-state index contributed by atoms with van der Waals surface area (Å²) < 4.78 is 4.77. The first-order chi connectivity index (χ1) is 5.45. The summed E-state index contributed by atoms with van der Waals surface area (Å²) in [5.74, 6) is 0. The van der Waals surface area contributed by atoms with E-state index in [4.69, 9.17) is 9.84 Å². The molecule has 0 saturated heterocycles. The van der Waals surface area contributed by atoms with Crippen LogP contribution in [-0.2, 0) is 4.74 Å². The average molecular weight is 175 g/mol. The molecule has 1 N–H and O–H groups in total. The normalized spacial score (nSPS) is 11.1. The predicted molar refractivity (Wildman–Crippen MR) is 45.9 cm³/mol. The molecule has 0 aromatic carbocycles. The van der Waals surface area contributed by atoms with E-state index in [0.717, 1.165) is 0 Å². The Balaban J connectivity index is 4.17. The number of nitrogens with zero attached hydrogens (tertiary/aromatic N) is 1. The van der Waals surface area contributed by atoms with E-state index in [-0.39, 0.29) is 6.61 Å². The van der Waals surface area contributed by atoms with Gasteiger partial charge in [0.15, 0.2) is 0 Å². The van der Waals surface area contributed by atoms with Crippen molar-refractivity contribution in [2.75, 3.05) is 20.3 Å². The monoisotopic (exact) mass is 175 g/mol. The molecule has 4 nitrogen and oxygen atoms in total. The molecule has 0 aromatic heterocycles. The number of ether oxygens (including phenoxy) is 1. The van der Waals surface area contributed by atoms with Gasteiger partial charge in [-0.05, 0) is 20.8 Å². The lowest BCUT2D eigenvalue weighted by Crippen LogP contribution is -2.47. The molecule has 0 aliphatic rings. The van der Waals surface area contributed by atoms with Gasteiger partial charge in [-0.15, -0.1) is 0 Å². The molecule has 0 radical (unpaired) electrons. The summed E-state index contributed by atoms with van der Waals surface area (Å²) in [6, 6.07) is 0. The van der Waals surface area contributed by atoms with Crippen molar-refractivity contribution in [1.82, 2.24) is 4.90 Å². The Morgan fingerprint density at radius 3 is 2.42 bits per heavy atom. The van der Waals surface area contributed by atoms with Crippen LogP contribution in [0.25, 0.3) is 0 Å². The molecule has 72 valence electrons. The van der Waals surface area contributed by atoms with Crippen molar-refractivity contribution in [3.63, 3.8) is 0 Å². The number of hydrogen-bond acceptors (Lipinski definition) is 3. The summed E-state index contributed by atoms with van der Waals surface area (Å²) in [6.45, 7) is 5.55. The van der Waals surface area contributed by atoms with Gasteiger partial charge < -0.3 is 14.7 Å². The van der Waals surface area contributed by atoms with Gasteiger partial charge in [-0.1, -0.05) is 0 Å². The Kier molecular flexibility index (Phi) is 4.03. The lowest BCUT2D eigenvalue weighted by atomic mass is 10.1. The van der Waals surface area contributed by atoms with Crippen LogP contribution in [0.3, 0.4) is 0 Å². The lowest BCUT2D eigenvalue weighted by Gasteiger charge is -2.32. The van der Waals surface area contributed by atoms with E-state index in [1.54, 1.807) is 27.8 Å². The standard InChI is InChI=1S/C8H17NO3/c1-5-12-7(11)9(4)8(2,3)6-10/h10H,5-6H2,1-4H3. The molecule has 0 aliphatic carbocycles. The highest BCUT2D eigenvalue weighted by Gasteiger charge is 2.27. The van der Waals surface area contributed by atoms with Gasteiger partial charge in [0.25, 0.3) is 0 Å². The molecule has 1 amide bonds. The van der Waals surface area contributed by atoms with E-state index in [2.05, 4.69) is 0 Å². The molecule has 0 bridgehead atoms. The van der Waals surface area contributed by atoms with Crippen LogP contribution < -0.4 is 0 Å². The van der Waals surface area contributed by atoms with Crippen molar-refractivity contribution >= 4 is 6.09 Å². The molecule has 0 atom stereocenters.